The normalized spacial score (nSPS) is 10.9. The summed E-state index contributed by atoms with van der Waals surface area (Å²) in [5.41, 5.74) is 0. The molecule has 2 aromatic rings. The first-order valence-electron chi connectivity index (χ1n) is 6.67. The molecule has 5 heteroatoms. The predicted octanol–water partition coefficient (Wildman–Crippen LogP) is 3.28. The molecule has 0 unspecified atom stereocenters. The number of hydrogen-bond donors (Lipinski definition) is 1. The van der Waals surface area contributed by atoms with Gasteiger partial charge in [0.2, 0.25) is 0 Å². The van der Waals surface area contributed by atoms with Crippen LogP contribution in [0, 0.1) is 5.82 Å². The van der Waals surface area contributed by atoms with Gasteiger partial charge in [-0.2, -0.15) is 0 Å². The summed E-state index contributed by atoms with van der Waals surface area (Å²) in [5.74, 6) is -0.317. The molecule has 1 aromatic heterocycles. The number of benzene rings is 1. The molecule has 0 bridgehead atoms. The van der Waals surface area contributed by atoms with Crippen molar-refractivity contribution in [3.63, 3.8) is 0 Å². The van der Waals surface area contributed by atoms with Gasteiger partial charge in [-0.05, 0) is 48.9 Å². The first kappa shape index (κ1) is 14.9. The van der Waals surface area contributed by atoms with Gasteiger partial charge in [-0.3, -0.25) is 4.79 Å². The molecule has 0 radical (unpaired) electrons. The summed E-state index contributed by atoms with van der Waals surface area (Å²) in [6, 6.07) is 6.30. The standard InChI is InChI=1S/C15H18FNO2S/c1-17(7-3-2-4-8-18)15(19)14-10-11-9-12(16)5-6-13(11)20-14/h5-6,9-10,18H,2-4,7-8H2,1H3. The Hall–Kier alpha value is -1.46. The third-order valence-corrected chi connectivity index (χ3v) is 4.29. The van der Waals surface area contributed by atoms with Crippen LogP contribution >= 0.6 is 11.3 Å². The first-order chi connectivity index (χ1) is 9.61. The average molecular weight is 295 g/mol. The van der Waals surface area contributed by atoms with Gasteiger partial charge in [0.1, 0.15) is 5.82 Å². The van der Waals surface area contributed by atoms with Crippen LogP contribution in [0.2, 0.25) is 0 Å². The molecule has 0 aliphatic heterocycles. The fraction of sp³-hybridized carbons (Fsp3) is 0.400. The maximum Gasteiger partial charge on any atom is 0.263 e. The Balaban J connectivity index is 2.03. The van der Waals surface area contributed by atoms with E-state index in [9.17, 15) is 9.18 Å². The van der Waals surface area contributed by atoms with Crippen molar-refractivity contribution in [2.75, 3.05) is 20.2 Å². The van der Waals surface area contributed by atoms with Gasteiger partial charge in [-0.25, -0.2) is 4.39 Å². The van der Waals surface area contributed by atoms with Gasteiger partial charge in [0.25, 0.3) is 5.91 Å². The van der Waals surface area contributed by atoms with Crippen LogP contribution < -0.4 is 0 Å². The molecule has 1 heterocycles. The number of amides is 1. The van der Waals surface area contributed by atoms with Crippen molar-refractivity contribution >= 4 is 27.3 Å². The van der Waals surface area contributed by atoms with Gasteiger partial charge in [0.05, 0.1) is 4.88 Å². The van der Waals surface area contributed by atoms with Gasteiger partial charge < -0.3 is 10.0 Å². The summed E-state index contributed by atoms with van der Waals surface area (Å²) in [7, 11) is 1.77. The van der Waals surface area contributed by atoms with Crippen LogP contribution in [0.5, 0.6) is 0 Å². The number of thiophene rings is 1. The highest BCUT2D eigenvalue weighted by Gasteiger charge is 2.14. The lowest BCUT2D eigenvalue weighted by Gasteiger charge is -2.15. The smallest absolute Gasteiger partial charge is 0.263 e. The summed E-state index contributed by atoms with van der Waals surface area (Å²) in [6.45, 7) is 0.862. The van der Waals surface area contributed by atoms with Gasteiger partial charge in [-0.15, -0.1) is 11.3 Å². The summed E-state index contributed by atoms with van der Waals surface area (Å²) >= 11 is 1.39. The molecule has 108 valence electrons. The van der Waals surface area contributed by atoms with E-state index in [-0.39, 0.29) is 18.3 Å². The Morgan fingerprint density at radius 3 is 2.85 bits per heavy atom. The molecule has 0 aliphatic rings. The lowest BCUT2D eigenvalue weighted by molar-refractivity contribution is 0.0797. The van der Waals surface area contributed by atoms with Crippen LogP contribution in [0.3, 0.4) is 0 Å². The number of carbonyl (C=O) groups is 1. The number of aliphatic hydroxyl groups is 1. The fourth-order valence-electron chi connectivity index (χ4n) is 2.05. The molecule has 1 aromatic carbocycles. The molecule has 2 rings (SSSR count). The lowest BCUT2D eigenvalue weighted by atomic mass is 10.2. The highest BCUT2D eigenvalue weighted by atomic mass is 32.1. The van der Waals surface area contributed by atoms with Crippen LogP contribution in [-0.4, -0.2) is 36.1 Å². The lowest BCUT2D eigenvalue weighted by Crippen LogP contribution is -2.27. The Bertz CT molecular complexity index is 597. The van der Waals surface area contributed by atoms with E-state index in [0.717, 1.165) is 29.3 Å². The summed E-state index contributed by atoms with van der Waals surface area (Å²) in [4.78, 5) is 14.6. The van der Waals surface area contributed by atoms with E-state index in [2.05, 4.69) is 0 Å². The van der Waals surface area contributed by atoms with Crippen molar-refractivity contribution in [1.82, 2.24) is 4.90 Å². The highest BCUT2D eigenvalue weighted by molar-refractivity contribution is 7.20. The molecule has 0 saturated carbocycles. The van der Waals surface area contributed by atoms with Crippen LogP contribution in [0.25, 0.3) is 10.1 Å². The molecule has 0 fully saturated rings. The molecule has 0 atom stereocenters. The SMILES string of the molecule is CN(CCCCCO)C(=O)c1cc2cc(F)ccc2s1. The van der Waals surface area contributed by atoms with E-state index in [0.29, 0.717) is 11.4 Å². The summed E-state index contributed by atoms with van der Waals surface area (Å²) in [6.07, 6.45) is 2.55. The van der Waals surface area contributed by atoms with Gasteiger partial charge >= 0.3 is 0 Å². The number of carbonyl (C=O) groups excluding carboxylic acids is 1. The minimum absolute atomic E-state index is 0.0318. The van der Waals surface area contributed by atoms with Crippen molar-refractivity contribution in [1.29, 1.82) is 0 Å². The van der Waals surface area contributed by atoms with Crippen LogP contribution in [0.15, 0.2) is 24.3 Å². The molecule has 0 saturated heterocycles. The van der Waals surface area contributed by atoms with Crippen molar-refractivity contribution < 1.29 is 14.3 Å². The maximum atomic E-state index is 13.1. The molecule has 1 N–H and O–H groups in total. The second-order valence-electron chi connectivity index (χ2n) is 4.80. The van der Waals surface area contributed by atoms with E-state index < -0.39 is 0 Å². The Labute approximate surface area is 121 Å². The zero-order valence-corrected chi connectivity index (χ0v) is 12.3. The third-order valence-electron chi connectivity index (χ3n) is 3.19. The highest BCUT2D eigenvalue weighted by Crippen LogP contribution is 2.27. The topological polar surface area (TPSA) is 40.5 Å². The number of fused-ring (bicyclic) bond motifs is 1. The van der Waals surface area contributed by atoms with E-state index in [1.165, 1.54) is 23.5 Å². The molecule has 1 amide bonds. The Kier molecular flexibility index (Phi) is 5.09. The minimum atomic E-state index is -0.286. The number of rotatable bonds is 6. The van der Waals surface area contributed by atoms with Gasteiger partial charge in [0.15, 0.2) is 0 Å². The van der Waals surface area contributed by atoms with E-state index in [1.807, 2.05) is 0 Å². The van der Waals surface area contributed by atoms with Crippen molar-refractivity contribution in [2.24, 2.45) is 0 Å². The molecule has 3 nitrogen and oxygen atoms in total. The average Bonchev–Trinajstić information content (AvgIpc) is 2.85. The first-order valence-corrected chi connectivity index (χ1v) is 7.49. The summed E-state index contributed by atoms with van der Waals surface area (Å²) < 4.78 is 14.1. The number of aliphatic hydroxyl groups excluding tert-OH is 1. The van der Waals surface area contributed by atoms with Crippen molar-refractivity contribution in [3.8, 4) is 0 Å². The van der Waals surface area contributed by atoms with Crippen molar-refractivity contribution in [2.45, 2.75) is 19.3 Å². The molecule has 20 heavy (non-hydrogen) atoms. The molecule has 0 spiro atoms. The maximum absolute atomic E-state index is 13.1. The van der Waals surface area contributed by atoms with E-state index in [1.54, 1.807) is 24.1 Å². The number of nitrogens with zero attached hydrogens (tertiary/aromatic N) is 1. The third kappa shape index (κ3) is 3.55. The van der Waals surface area contributed by atoms with E-state index >= 15 is 0 Å². The number of halogens is 1. The zero-order valence-electron chi connectivity index (χ0n) is 11.4. The van der Waals surface area contributed by atoms with Crippen LogP contribution in [0.1, 0.15) is 28.9 Å². The predicted molar refractivity (Wildman–Crippen MR) is 79.7 cm³/mol. The molecular formula is C15H18FNO2S. The van der Waals surface area contributed by atoms with Gasteiger partial charge in [-0.1, -0.05) is 0 Å². The largest absolute Gasteiger partial charge is 0.396 e. The number of hydrogen-bond acceptors (Lipinski definition) is 3. The van der Waals surface area contributed by atoms with Crippen LogP contribution in [0.4, 0.5) is 4.39 Å². The number of unbranched alkanes of at least 4 members (excludes halogenated alkanes) is 2. The molecule has 0 aliphatic carbocycles. The second-order valence-corrected chi connectivity index (χ2v) is 5.89. The molecular weight excluding hydrogens is 277 g/mol. The second kappa shape index (κ2) is 6.81. The van der Waals surface area contributed by atoms with E-state index in [4.69, 9.17) is 5.11 Å². The Morgan fingerprint density at radius 2 is 2.10 bits per heavy atom. The van der Waals surface area contributed by atoms with Crippen LogP contribution in [-0.2, 0) is 0 Å². The van der Waals surface area contributed by atoms with Gasteiger partial charge in [0, 0.05) is 24.9 Å². The monoisotopic (exact) mass is 295 g/mol. The van der Waals surface area contributed by atoms with Crippen molar-refractivity contribution in [3.05, 3.63) is 35.0 Å². The Morgan fingerprint density at radius 1 is 1.30 bits per heavy atom. The fourth-order valence-corrected chi connectivity index (χ4v) is 3.08. The summed E-state index contributed by atoms with van der Waals surface area (Å²) in [5, 5.41) is 9.48. The zero-order chi connectivity index (χ0) is 14.5. The quantitative estimate of drug-likeness (QED) is 0.831. The minimum Gasteiger partial charge on any atom is -0.396 e.